The average molecular weight is 1360 g/mol. The molecule has 0 radical (unpaired) electrons. The number of rotatable bonds is 14. The normalized spacial score (nSPS) is 11.0. The van der Waals surface area contributed by atoms with Crippen molar-refractivity contribution in [2.75, 3.05) is 15.1 Å². The molecule has 0 amide bonds. The van der Waals surface area contributed by atoms with Crippen LogP contribution in [0.1, 0.15) is 0 Å². The fraction of sp³-hybridized carbons (Fsp3) is 0. The molecule has 492 valence electrons. The summed E-state index contributed by atoms with van der Waals surface area (Å²) >= 11 is 12.2. The highest BCUT2D eigenvalue weighted by molar-refractivity contribution is 6.31. The van der Waals surface area contributed by atoms with E-state index in [1.54, 1.807) is 0 Å². The van der Waals surface area contributed by atoms with Gasteiger partial charge in [-0.05, 0) is 239 Å². The molecule has 0 fully saturated rings. The molecule has 0 aliphatic heterocycles. The van der Waals surface area contributed by atoms with Gasteiger partial charge in [0.15, 0.2) is 0 Å². The summed E-state index contributed by atoms with van der Waals surface area (Å²) in [5, 5.41) is 9.68. The minimum Gasteiger partial charge on any atom is -0.356 e. The monoisotopic (exact) mass is 1360 g/mol. The van der Waals surface area contributed by atoms with Crippen LogP contribution in [0.5, 0.6) is 0 Å². The molecule has 0 unspecified atom stereocenters. The summed E-state index contributed by atoms with van der Waals surface area (Å²) in [5.41, 5.74) is 25.4. The maximum absolute atomic E-state index is 6.12. The third-order valence-electron chi connectivity index (χ3n) is 18.7. The second kappa shape index (κ2) is 29.9. The molecule has 0 saturated heterocycles. The van der Waals surface area contributed by atoms with E-state index in [9.17, 15) is 0 Å². The predicted molar refractivity (Wildman–Crippen MR) is 439 cm³/mol. The number of hydrogen-bond acceptors (Lipinski definition) is 3. The van der Waals surface area contributed by atoms with Crippen LogP contribution in [0.3, 0.4) is 0 Å². The summed E-state index contributed by atoms with van der Waals surface area (Å²) in [4.78, 5) is 4.60. The number of para-hydroxylation sites is 8. The van der Waals surface area contributed by atoms with Crippen LogP contribution < -0.4 is 15.1 Å². The minimum absolute atomic E-state index is 0.744. The Hall–Kier alpha value is -12.9. The van der Waals surface area contributed by atoms with Gasteiger partial charge in [-0.25, -0.2) is 0 Å². The van der Waals surface area contributed by atoms with Crippen LogP contribution in [0.15, 0.2) is 413 Å². The Labute approximate surface area is 610 Å². The van der Waals surface area contributed by atoms with Crippen molar-refractivity contribution < 1.29 is 0 Å². The van der Waals surface area contributed by atoms with Crippen molar-refractivity contribution in [1.29, 1.82) is 0 Å². The Morgan fingerprint density at radius 1 is 0.194 bits per heavy atom. The standard InChI is InChI=1S/C54H39N3.C30H19Cl2N.C12H11N/c1-6-16-44(17-7-1)55(45-18-8-2-9-19-45)49-32-26-40(27-33-49)42-30-36-53-51(38-42)52-39-43(31-37-54(52)57(53)48-24-14-5-15-25-48)41-28-34-50(35-29-41)56(46-20-10-3-11-21-46)47-22-12-4-13-23-47;31-24-12-6-20(7-13-24)22-10-16-29-27(18-22)28-19-23(21-8-14-25(32)15-9-21)11-17-30(28)33(29)26-4-2-1-3-5-26;1-3-7-11(8-4-1)13-12-9-5-2-6-10-12/h1-39H;1-19H;1-10,13H. The quantitative estimate of drug-likeness (QED) is 0.118. The molecule has 103 heavy (non-hydrogen) atoms. The van der Waals surface area contributed by atoms with Crippen molar-refractivity contribution in [3.63, 3.8) is 0 Å². The van der Waals surface area contributed by atoms with Crippen molar-refractivity contribution in [3.8, 4) is 55.9 Å². The molecule has 7 heteroatoms. The Bertz CT molecular complexity index is 5440. The largest absolute Gasteiger partial charge is 0.356 e. The molecule has 0 atom stereocenters. The molecule has 0 saturated carbocycles. The number of aromatic nitrogens is 2. The zero-order valence-corrected chi connectivity index (χ0v) is 57.8. The summed E-state index contributed by atoms with van der Waals surface area (Å²) < 4.78 is 4.72. The van der Waals surface area contributed by atoms with Crippen LogP contribution in [-0.4, -0.2) is 9.13 Å². The van der Waals surface area contributed by atoms with Gasteiger partial charge in [0.2, 0.25) is 0 Å². The van der Waals surface area contributed by atoms with E-state index >= 15 is 0 Å². The van der Waals surface area contributed by atoms with Gasteiger partial charge in [0, 0.05) is 88.5 Å². The predicted octanol–water partition coefficient (Wildman–Crippen LogP) is 27.9. The Morgan fingerprint density at radius 2 is 0.398 bits per heavy atom. The van der Waals surface area contributed by atoms with E-state index in [-0.39, 0.29) is 0 Å². The summed E-state index contributed by atoms with van der Waals surface area (Å²) in [6.07, 6.45) is 0. The highest BCUT2D eigenvalue weighted by Gasteiger charge is 2.19. The Kier molecular flexibility index (Phi) is 18.8. The number of anilines is 8. The van der Waals surface area contributed by atoms with E-state index in [1.165, 1.54) is 77.0 Å². The molecule has 18 aromatic rings. The third-order valence-corrected chi connectivity index (χ3v) is 19.2. The zero-order chi connectivity index (χ0) is 69.3. The molecule has 0 aliphatic carbocycles. The van der Waals surface area contributed by atoms with Crippen LogP contribution in [0, 0.1) is 0 Å². The van der Waals surface area contributed by atoms with Crippen LogP contribution in [0.25, 0.3) is 99.5 Å². The lowest BCUT2D eigenvalue weighted by atomic mass is 9.99. The van der Waals surface area contributed by atoms with Crippen molar-refractivity contribution in [2.45, 2.75) is 0 Å². The van der Waals surface area contributed by atoms with Crippen LogP contribution in [0.2, 0.25) is 10.0 Å². The maximum atomic E-state index is 6.12. The lowest BCUT2D eigenvalue weighted by Gasteiger charge is -2.25. The van der Waals surface area contributed by atoms with Gasteiger partial charge in [-0.2, -0.15) is 0 Å². The first kappa shape index (κ1) is 64.8. The van der Waals surface area contributed by atoms with E-state index in [0.717, 1.165) is 78.0 Å². The van der Waals surface area contributed by atoms with Crippen LogP contribution in [-0.2, 0) is 0 Å². The highest BCUT2D eigenvalue weighted by Crippen LogP contribution is 2.43. The van der Waals surface area contributed by atoms with Gasteiger partial charge in [-0.1, -0.05) is 242 Å². The van der Waals surface area contributed by atoms with Gasteiger partial charge in [0.1, 0.15) is 0 Å². The summed E-state index contributed by atoms with van der Waals surface area (Å²) in [6.45, 7) is 0. The highest BCUT2D eigenvalue weighted by atomic mass is 35.5. The number of nitrogens with zero attached hydrogens (tertiary/aromatic N) is 4. The number of fused-ring (bicyclic) bond motifs is 6. The zero-order valence-electron chi connectivity index (χ0n) is 56.3. The molecular formula is C96H69Cl2N5. The number of nitrogens with one attached hydrogen (secondary N) is 1. The van der Waals surface area contributed by atoms with Crippen molar-refractivity contribution in [2.24, 2.45) is 0 Å². The van der Waals surface area contributed by atoms with Gasteiger partial charge in [0.25, 0.3) is 0 Å². The van der Waals surface area contributed by atoms with E-state index in [2.05, 4.69) is 352 Å². The topological polar surface area (TPSA) is 28.4 Å². The van der Waals surface area contributed by atoms with Crippen molar-refractivity contribution >= 4 is 112 Å². The van der Waals surface area contributed by atoms with E-state index in [1.807, 2.05) is 84.9 Å². The SMILES string of the molecule is Clc1ccc(-c2ccc3c(c2)c2cc(-c4ccc(Cl)cc4)ccc2n3-c2ccccc2)cc1.c1ccc(N(c2ccccc2)c2ccc(-c3ccc4c(c3)c3cc(-c5ccc(N(c6ccccc6)c6ccccc6)cc5)ccc3n4-c3ccccc3)cc2)cc1.c1ccc(Nc2ccccc2)cc1. The molecule has 18 rings (SSSR count). The van der Waals surface area contributed by atoms with Crippen LogP contribution >= 0.6 is 23.2 Å². The van der Waals surface area contributed by atoms with E-state index < -0.39 is 0 Å². The fourth-order valence-corrected chi connectivity index (χ4v) is 14.0. The van der Waals surface area contributed by atoms with E-state index in [0.29, 0.717) is 0 Å². The number of benzene rings is 16. The first-order chi connectivity index (χ1) is 50.9. The third kappa shape index (κ3) is 14.1. The lowest BCUT2D eigenvalue weighted by molar-refractivity contribution is 1.18. The molecule has 2 aromatic heterocycles. The van der Waals surface area contributed by atoms with E-state index in [4.69, 9.17) is 23.2 Å². The second-order valence-electron chi connectivity index (χ2n) is 25.2. The molecule has 5 nitrogen and oxygen atoms in total. The van der Waals surface area contributed by atoms with Gasteiger partial charge >= 0.3 is 0 Å². The molecule has 0 spiro atoms. The summed E-state index contributed by atoms with van der Waals surface area (Å²) in [7, 11) is 0. The number of hydrogen-bond donors (Lipinski definition) is 1. The Morgan fingerprint density at radius 3 is 0.650 bits per heavy atom. The summed E-state index contributed by atoms with van der Waals surface area (Å²) in [5.74, 6) is 0. The first-order valence-corrected chi connectivity index (χ1v) is 35.3. The molecule has 1 N–H and O–H groups in total. The molecular weight excluding hydrogens is 1290 g/mol. The molecule has 16 aromatic carbocycles. The molecule has 0 aliphatic rings. The Balaban J connectivity index is 0.000000148. The summed E-state index contributed by atoms with van der Waals surface area (Å²) in [6, 6.07) is 145. The van der Waals surface area contributed by atoms with Gasteiger partial charge < -0.3 is 24.3 Å². The van der Waals surface area contributed by atoms with Crippen molar-refractivity contribution in [3.05, 3.63) is 423 Å². The fourth-order valence-electron chi connectivity index (χ4n) is 13.8. The molecule has 2 heterocycles. The van der Waals surface area contributed by atoms with Crippen molar-refractivity contribution in [1.82, 2.24) is 9.13 Å². The van der Waals surface area contributed by atoms with Gasteiger partial charge in [0.05, 0.1) is 22.1 Å². The first-order valence-electron chi connectivity index (χ1n) is 34.6. The second-order valence-corrected chi connectivity index (χ2v) is 26.1. The maximum Gasteiger partial charge on any atom is 0.0541 e. The van der Waals surface area contributed by atoms with Crippen LogP contribution in [0.4, 0.5) is 45.5 Å². The number of halogens is 2. The smallest absolute Gasteiger partial charge is 0.0541 e. The van der Waals surface area contributed by atoms with Gasteiger partial charge in [-0.3, -0.25) is 0 Å². The average Bonchev–Trinajstić information content (AvgIpc) is 1.60. The molecule has 0 bridgehead atoms. The minimum atomic E-state index is 0.744. The lowest BCUT2D eigenvalue weighted by Crippen LogP contribution is -2.09. The van der Waals surface area contributed by atoms with Gasteiger partial charge in [-0.15, -0.1) is 0 Å².